The van der Waals surface area contributed by atoms with Crippen molar-refractivity contribution in [2.45, 2.75) is 0 Å². The van der Waals surface area contributed by atoms with Crippen molar-refractivity contribution in [3.05, 3.63) is 42.5 Å². The van der Waals surface area contributed by atoms with E-state index in [0.717, 1.165) is 0 Å². The zero-order chi connectivity index (χ0) is 12.5. The molecule has 18 heavy (non-hydrogen) atoms. The van der Waals surface area contributed by atoms with Crippen LogP contribution in [0.4, 0.5) is 0 Å². The predicted molar refractivity (Wildman–Crippen MR) is 62.0 cm³/mol. The zero-order valence-electron chi connectivity index (χ0n) is 9.07. The first-order valence-electron chi connectivity index (χ1n) is 5.14. The summed E-state index contributed by atoms with van der Waals surface area (Å²) in [5.41, 5.74) is 1.44. The number of carboxylic acid groups (broad SMARTS) is 1. The van der Waals surface area contributed by atoms with Gasteiger partial charge >= 0.3 is 5.97 Å². The Balaban J connectivity index is 2.23. The summed E-state index contributed by atoms with van der Waals surface area (Å²) in [6.07, 6.45) is 4.51. The summed E-state index contributed by atoms with van der Waals surface area (Å²) in [4.78, 5) is 23.0. The van der Waals surface area contributed by atoms with E-state index in [1.165, 1.54) is 12.4 Å². The van der Waals surface area contributed by atoms with Crippen LogP contribution in [0.5, 0.6) is 0 Å². The van der Waals surface area contributed by atoms with Crippen molar-refractivity contribution < 1.29 is 14.3 Å². The molecule has 0 aliphatic heterocycles. The van der Waals surface area contributed by atoms with Crippen molar-refractivity contribution in [2.75, 3.05) is 0 Å². The summed E-state index contributed by atoms with van der Waals surface area (Å²) in [6, 6.07) is 4.79. The highest BCUT2D eigenvalue weighted by Gasteiger charge is 2.15. The van der Waals surface area contributed by atoms with E-state index in [1.807, 2.05) is 0 Å². The summed E-state index contributed by atoms with van der Waals surface area (Å²) < 4.78 is 5.47. The van der Waals surface area contributed by atoms with Gasteiger partial charge in [0.05, 0.1) is 5.56 Å². The maximum absolute atomic E-state index is 11.0. The molecule has 0 unspecified atom stereocenters. The Morgan fingerprint density at radius 1 is 1.22 bits per heavy atom. The van der Waals surface area contributed by atoms with E-state index in [-0.39, 0.29) is 11.1 Å². The van der Waals surface area contributed by atoms with Crippen LogP contribution in [0, 0.1) is 0 Å². The van der Waals surface area contributed by atoms with Gasteiger partial charge < -0.3 is 9.52 Å². The van der Waals surface area contributed by atoms with Crippen LogP contribution in [0.15, 0.2) is 41.3 Å². The number of carbonyl (C=O) groups is 1. The van der Waals surface area contributed by atoms with Gasteiger partial charge in [-0.1, -0.05) is 6.07 Å². The monoisotopic (exact) mass is 241 g/mol. The summed E-state index contributed by atoms with van der Waals surface area (Å²) in [6.45, 7) is 0. The quantitative estimate of drug-likeness (QED) is 0.737. The molecule has 6 heteroatoms. The molecule has 0 spiro atoms. The highest BCUT2D eigenvalue weighted by atomic mass is 16.4. The molecule has 1 aromatic carbocycles. The van der Waals surface area contributed by atoms with Crippen LogP contribution in [-0.2, 0) is 0 Å². The number of aromatic carboxylic acids is 1. The van der Waals surface area contributed by atoms with Crippen LogP contribution < -0.4 is 0 Å². The molecule has 0 aliphatic rings. The molecule has 3 aromatic rings. The van der Waals surface area contributed by atoms with E-state index < -0.39 is 5.97 Å². The zero-order valence-corrected chi connectivity index (χ0v) is 9.07. The molecule has 2 aromatic heterocycles. The smallest absolute Gasteiger partial charge is 0.339 e. The summed E-state index contributed by atoms with van der Waals surface area (Å²) >= 11 is 0. The van der Waals surface area contributed by atoms with Crippen molar-refractivity contribution in [1.82, 2.24) is 15.0 Å². The lowest BCUT2D eigenvalue weighted by molar-refractivity contribution is 0.0698. The third-order valence-corrected chi connectivity index (χ3v) is 2.45. The van der Waals surface area contributed by atoms with Gasteiger partial charge in [0.25, 0.3) is 0 Å². The van der Waals surface area contributed by atoms with E-state index >= 15 is 0 Å². The third-order valence-electron chi connectivity index (χ3n) is 2.45. The molecular formula is C12H7N3O3. The number of aromatic nitrogens is 3. The van der Waals surface area contributed by atoms with Gasteiger partial charge in [0, 0.05) is 12.4 Å². The molecule has 0 bridgehead atoms. The van der Waals surface area contributed by atoms with E-state index in [0.29, 0.717) is 17.0 Å². The predicted octanol–water partition coefficient (Wildman–Crippen LogP) is 1.98. The Labute approximate surface area is 101 Å². The summed E-state index contributed by atoms with van der Waals surface area (Å²) in [5, 5.41) is 9.05. The number of para-hydroxylation sites is 1. The number of fused-ring (bicyclic) bond motifs is 1. The normalized spacial score (nSPS) is 10.7. The lowest BCUT2D eigenvalue weighted by atomic mass is 10.2. The minimum Gasteiger partial charge on any atom is -0.478 e. The number of hydrogen-bond acceptors (Lipinski definition) is 5. The molecule has 0 fully saturated rings. The molecule has 0 aliphatic carbocycles. The lowest BCUT2D eigenvalue weighted by Crippen LogP contribution is -1.95. The molecule has 0 atom stereocenters. The highest BCUT2D eigenvalue weighted by Crippen LogP contribution is 2.25. The van der Waals surface area contributed by atoms with Gasteiger partial charge in [0.15, 0.2) is 5.58 Å². The average molecular weight is 241 g/mol. The molecule has 0 amide bonds. The SMILES string of the molecule is O=C(O)c1cccc2nc(-c3cncnc3)oc12. The van der Waals surface area contributed by atoms with Crippen LogP contribution in [0.2, 0.25) is 0 Å². The minimum atomic E-state index is -1.05. The largest absolute Gasteiger partial charge is 0.478 e. The number of nitrogens with zero attached hydrogens (tertiary/aromatic N) is 3. The summed E-state index contributed by atoms with van der Waals surface area (Å²) in [5.74, 6) is -0.744. The topological polar surface area (TPSA) is 89.1 Å². The number of rotatable bonds is 2. The first-order chi connectivity index (χ1) is 8.75. The van der Waals surface area contributed by atoms with Crippen molar-refractivity contribution in [3.8, 4) is 11.5 Å². The summed E-state index contributed by atoms with van der Waals surface area (Å²) in [7, 11) is 0. The van der Waals surface area contributed by atoms with Crippen molar-refractivity contribution in [3.63, 3.8) is 0 Å². The molecule has 2 heterocycles. The maximum Gasteiger partial charge on any atom is 0.339 e. The Morgan fingerprint density at radius 3 is 2.72 bits per heavy atom. The van der Waals surface area contributed by atoms with Crippen molar-refractivity contribution in [1.29, 1.82) is 0 Å². The van der Waals surface area contributed by atoms with E-state index in [4.69, 9.17) is 9.52 Å². The highest BCUT2D eigenvalue weighted by molar-refractivity contribution is 6.00. The van der Waals surface area contributed by atoms with E-state index in [1.54, 1.807) is 24.5 Å². The van der Waals surface area contributed by atoms with E-state index in [2.05, 4.69) is 15.0 Å². The molecule has 88 valence electrons. The fourth-order valence-corrected chi connectivity index (χ4v) is 1.65. The third kappa shape index (κ3) is 1.60. The molecule has 0 radical (unpaired) electrons. The van der Waals surface area contributed by atoms with Gasteiger partial charge in [-0.15, -0.1) is 0 Å². The van der Waals surface area contributed by atoms with Gasteiger partial charge in [-0.25, -0.2) is 19.7 Å². The van der Waals surface area contributed by atoms with Gasteiger partial charge in [-0.2, -0.15) is 0 Å². The Hall–Kier alpha value is -2.76. The average Bonchev–Trinajstić information content (AvgIpc) is 2.83. The van der Waals surface area contributed by atoms with Crippen LogP contribution in [0.1, 0.15) is 10.4 Å². The van der Waals surface area contributed by atoms with Gasteiger partial charge in [0.2, 0.25) is 5.89 Å². The van der Waals surface area contributed by atoms with Crippen LogP contribution in [-0.4, -0.2) is 26.0 Å². The number of hydrogen-bond donors (Lipinski definition) is 1. The molecule has 1 N–H and O–H groups in total. The molecular weight excluding hydrogens is 234 g/mol. The van der Waals surface area contributed by atoms with Gasteiger partial charge in [0.1, 0.15) is 17.4 Å². The lowest BCUT2D eigenvalue weighted by Gasteiger charge is -1.93. The first kappa shape index (κ1) is 10.4. The molecule has 0 saturated heterocycles. The number of carboxylic acids is 1. The fourth-order valence-electron chi connectivity index (χ4n) is 1.65. The van der Waals surface area contributed by atoms with Crippen LogP contribution >= 0.6 is 0 Å². The van der Waals surface area contributed by atoms with Gasteiger partial charge in [-0.05, 0) is 12.1 Å². The second-order valence-electron chi connectivity index (χ2n) is 3.61. The first-order valence-corrected chi connectivity index (χ1v) is 5.14. The maximum atomic E-state index is 11.0. The number of oxazole rings is 1. The van der Waals surface area contributed by atoms with Crippen LogP contribution in [0.3, 0.4) is 0 Å². The molecule has 3 rings (SSSR count). The molecule has 0 saturated carbocycles. The van der Waals surface area contributed by atoms with Crippen LogP contribution in [0.25, 0.3) is 22.6 Å². The van der Waals surface area contributed by atoms with E-state index in [9.17, 15) is 4.79 Å². The second-order valence-corrected chi connectivity index (χ2v) is 3.61. The Bertz CT molecular complexity index is 722. The second kappa shape index (κ2) is 3.92. The van der Waals surface area contributed by atoms with Crippen molar-refractivity contribution in [2.24, 2.45) is 0 Å². The molecule has 6 nitrogen and oxygen atoms in total. The number of benzene rings is 1. The fraction of sp³-hybridized carbons (Fsp3) is 0. The standard InChI is InChI=1S/C12H7N3O3/c16-12(17)8-2-1-3-9-10(8)18-11(15-9)7-4-13-6-14-5-7/h1-6H,(H,16,17). The van der Waals surface area contributed by atoms with Crippen molar-refractivity contribution >= 4 is 17.1 Å². The minimum absolute atomic E-state index is 0.0862. The Kier molecular flexibility index (Phi) is 2.26. The van der Waals surface area contributed by atoms with Gasteiger partial charge in [-0.3, -0.25) is 0 Å². The Morgan fingerprint density at radius 2 is 2.00 bits per heavy atom.